The Kier molecular flexibility index (Phi) is 4.70. The van der Waals surface area contributed by atoms with Crippen molar-refractivity contribution in [1.29, 1.82) is 0 Å². The minimum absolute atomic E-state index is 0.0290. The van der Waals surface area contributed by atoms with Crippen LogP contribution in [-0.4, -0.2) is 60.3 Å². The minimum atomic E-state index is -0.371. The maximum atomic E-state index is 12.3. The highest BCUT2D eigenvalue weighted by atomic mass is 32.2. The molecule has 2 saturated heterocycles. The first-order valence-corrected chi connectivity index (χ1v) is 9.01. The summed E-state index contributed by atoms with van der Waals surface area (Å²) in [5.41, 5.74) is 0. The molecule has 0 aliphatic carbocycles. The molecule has 2 aliphatic rings. The summed E-state index contributed by atoms with van der Waals surface area (Å²) in [7, 11) is 0. The molecule has 7 heteroatoms. The molecule has 114 valence electrons. The van der Waals surface area contributed by atoms with Gasteiger partial charge in [0.25, 0.3) is 0 Å². The zero-order chi connectivity index (χ0) is 14.7. The monoisotopic (exact) mass is 326 g/mol. The van der Waals surface area contributed by atoms with E-state index in [0.717, 1.165) is 25.3 Å². The Morgan fingerprint density at radius 2 is 2.29 bits per heavy atom. The third-order valence-electron chi connectivity index (χ3n) is 3.73. The first kappa shape index (κ1) is 14.7. The quantitative estimate of drug-likeness (QED) is 0.854. The zero-order valence-electron chi connectivity index (χ0n) is 11.7. The van der Waals surface area contributed by atoms with Crippen molar-refractivity contribution in [3.8, 4) is 0 Å². The standard InChI is InChI=1S/C14H18N2O3S2/c17-13(10-16-5-7-19-14(16)18)15-4-3-12(21-9-6-15)11-2-1-8-20-11/h1-2,8,12H,3-7,9-10H2/t12-/m1/s1. The Labute approximate surface area is 132 Å². The lowest BCUT2D eigenvalue weighted by molar-refractivity contribution is -0.131. The molecule has 5 nitrogen and oxygen atoms in total. The van der Waals surface area contributed by atoms with Crippen molar-refractivity contribution < 1.29 is 14.3 Å². The van der Waals surface area contributed by atoms with Gasteiger partial charge < -0.3 is 9.64 Å². The largest absolute Gasteiger partial charge is 0.448 e. The molecule has 2 aliphatic heterocycles. The van der Waals surface area contributed by atoms with E-state index in [1.165, 1.54) is 9.78 Å². The van der Waals surface area contributed by atoms with Crippen LogP contribution in [0.4, 0.5) is 4.79 Å². The van der Waals surface area contributed by atoms with Crippen molar-refractivity contribution >= 4 is 35.1 Å². The Balaban J connectivity index is 1.54. The molecule has 3 heterocycles. The molecular weight excluding hydrogens is 308 g/mol. The molecule has 2 amide bonds. The van der Waals surface area contributed by atoms with Gasteiger partial charge in [0.15, 0.2) is 0 Å². The van der Waals surface area contributed by atoms with Crippen LogP contribution in [-0.2, 0) is 9.53 Å². The van der Waals surface area contributed by atoms with Crippen molar-refractivity contribution in [3.05, 3.63) is 22.4 Å². The van der Waals surface area contributed by atoms with E-state index >= 15 is 0 Å². The number of carbonyl (C=O) groups is 2. The lowest BCUT2D eigenvalue weighted by atomic mass is 10.2. The van der Waals surface area contributed by atoms with Crippen LogP contribution in [0.2, 0.25) is 0 Å². The van der Waals surface area contributed by atoms with Gasteiger partial charge in [-0.15, -0.1) is 11.3 Å². The first-order valence-electron chi connectivity index (χ1n) is 7.08. The van der Waals surface area contributed by atoms with Gasteiger partial charge in [0.05, 0.1) is 6.54 Å². The SMILES string of the molecule is O=C(CN1CCOC1=O)N1CCS[C@@H](c2cccs2)CC1. The van der Waals surface area contributed by atoms with E-state index in [4.69, 9.17) is 4.74 Å². The van der Waals surface area contributed by atoms with Crippen LogP contribution < -0.4 is 0 Å². The second-order valence-electron chi connectivity index (χ2n) is 5.08. The van der Waals surface area contributed by atoms with Crippen LogP contribution in [0, 0.1) is 0 Å². The number of nitrogens with zero attached hydrogens (tertiary/aromatic N) is 2. The second kappa shape index (κ2) is 6.70. The van der Waals surface area contributed by atoms with Crippen LogP contribution in [0.15, 0.2) is 17.5 Å². The van der Waals surface area contributed by atoms with E-state index < -0.39 is 0 Å². The fourth-order valence-corrected chi connectivity index (χ4v) is 4.79. The van der Waals surface area contributed by atoms with E-state index in [1.54, 1.807) is 11.3 Å². The normalized spacial score (nSPS) is 23.0. The molecule has 0 radical (unpaired) electrons. The molecular formula is C14H18N2O3S2. The van der Waals surface area contributed by atoms with Crippen LogP contribution in [0.25, 0.3) is 0 Å². The summed E-state index contributed by atoms with van der Waals surface area (Å²) in [4.78, 5) is 28.5. The van der Waals surface area contributed by atoms with E-state index in [9.17, 15) is 9.59 Å². The van der Waals surface area contributed by atoms with Gasteiger partial charge in [-0.1, -0.05) is 6.07 Å². The lowest BCUT2D eigenvalue weighted by Gasteiger charge is -2.22. The number of thioether (sulfide) groups is 1. The van der Waals surface area contributed by atoms with E-state index in [0.29, 0.717) is 18.4 Å². The Morgan fingerprint density at radius 3 is 3.00 bits per heavy atom. The number of hydrogen-bond acceptors (Lipinski definition) is 5. The minimum Gasteiger partial charge on any atom is -0.448 e. The van der Waals surface area contributed by atoms with Crippen LogP contribution in [0.5, 0.6) is 0 Å². The maximum absolute atomic E-state index is 12.3. The average molecular weight is 326 g/mol. The Hall–Kier alpha value is -1.21. The van der Waals surface area contributed by atoms with Gasteiger partial charge in [-0.05, 0) is 17.9 Å². The van der Waals surface area contributed by atoms with Gasteiger partial charge in [-0.3, -0.25) is 9.69 Å². The van der Waals surface area contributed by atoms with Crippen LogP contribution >= 0.6 is 23.1 Å². The van der Waals surface area contributed by atoms with Crippen molar-refractivity contribution in [1.82, 2.24) is 9.80 Å². The van der Waals surface area contributed by atoms with Gasteiger partial charge >= 0.3 is 6.09 Å². The summed E-state index contributed by atoms with van der Waals surface area (Å²) in [5.74, 6) is 0.972. The van der Waals surface area contributed by atoms with Crippen molar-refractivity contribution in [2.75, 3.05) is 38.5 Å². The Morgan fingerprint density at radius 1 is 1.38 bits per heavy atom. The smallest absolute Gasteiger partial charge is 0.410 e. The third kappa shape index (κ3) is 3.52. The number of ether oxygens (including phenoxy) is 1. The number of rotatable bonds is 3. The molecule has 21 heavy (non-hydrogen) atoms. The molecule has 1 atom stereocenters. The zero-order valence-corrected chi connectivity index (χ0v) is 13.3. The molecule has 2 fully saturated rings. The van der Waals surface area contributed by atoms with E-state index in [1.807, 2.05) is 16.7 Å². The summed E-state index contributed by atoms with van der Waals surface area (Å²) < 4.78 is 4.86. The van der Waals surface area contributed by atoms with Crippen molar-refractivity contribution in [2.45, 2.75) is 11.7 Å². The maximum Gasteiger partial charge on any atom is 0.410 e. The van der Waals surface area contributed by atoms with Crippen molar-refractivity contribution in [3.63, 3.8) is 0 Å². The number of hydrogen-bond donors (Lipinski definition) is 0. The number of amides is 2. The topological polar surface area (TPSA) is 49.9 Å². The molecule has 0 unspecified atom stereocenters. The predicted molar refractivity (Wildman–Crippen MR) is 83.6 cm³/mol. The molecule has 0 saturated carbocycles. The highest BCUT2D eigenvalue weighted by Crippen LogP contribution is 2.36. The van der Waals surface area contributed by atoms with Gasteiger partial charge in [-0.25, -0.2) is 4.79 Å². The summed E-state index contributed by atoms with van der Waals surface area (Å²) in [5, 5.41) is 2.59. The molecule has 0 spiro atoms. The predicted octanol–water partition coefficient (Wildman–Crippen LogP) is 2.21. The average Bonchev–Trinajstić information content (AvgIpc) is 3.07. The first-order chi connectivity index (χ1) is 10.2. The van der Waals surface area contributed by atoms with Crippen LogP contribution in [0.1, 0.15) is 16.5 Å². The summed E-state index contributed by atoms with van der Waals surface area (Å²) in [6, 6.07) is 4.24. The molecule has 3 rings (SSSR count). The highest BCUT2D eigenvalue weighted by Gasteiger charge is 2.28. The van der Waals surface area contributed by atoms with Gasteiger partial charge in [0, 0.05) is 29.0 Å². The summed E-state index contributed by atoms with van der Waals surface area (Å²) in [6.07, 6.45) is 0.602. The number of thiophene rings is 1. The molecule has 0 N–H and O–H groups in total. The highest BCUT2D eigenvalue weighted by molar-refractivity contribution is 7.99. The van der Waals surface area contributed by atoms with E-state index in [2.05, 4.69) is 17.5 Å². The fraction of sp³-hybridized carbons (Fsp3) is 0.571. The van der Waals surface area contributed by atoms with Crippen LogP contribution in [0.3, 0.4) is 0 Å². The fourth-order valence-electron chi connectivity index (χ4n) is 2.55. The molecule has 0 aromatic carbocycles. The number of cyclic esters (lactones) is 1. The molecule has 1 aromatic rings. The molecule has 0 bridgehead atoms. The van der Waals surface area contributed by atoms with Gasteiger partial charge in [0.2, 0.25) is 5.91 Å². The van der Waals surface area contributed by atoms with E-state index in [-0.39, 0.29) is 18.5 Å². The number of carbonyl (C=O) groups excluding carboxylic acids is 2. The lowest BCUT2D eigenvalue weighted by Crippen LogP contribution is -2.41. The Bertz CT molecular complexity index is 506. The molecule has 1 aromatic heterocycles. The summed E-state index contributed by atoms with van der Waals surface area (Å²) in [6.45, 7) is 2.58. The van der Waals surface area contributed by atoms with Gasteiger partial charge in [0.1, 0.15) is 13.2 Å². The van der Waals surface area contributed by atoms with Crippen molar-refractivity contribution in [2.24, 2.45) is 0 Å². The third-order valence-corrected chi connectivity index (χ3v) is 6.17. The second-order valence-corrected chi connectivity index (χ2v) is 7.37. The van der Waals surface area contributed by atoms with Gasteiger partial charge in [-0.2, -0.15) is 11.8 Å². The summed E-state index contributed by atoms with van der Waals surface area (Å²) >= 11 is 3.70.